The number of ether oxygens (including phenoxy) is 4. The summed E-state index contributed by atoms with van der Waals surface area (Å²) in [6.45, 7) is 1.30. The molecule has 0 spiro atoms. The van der Waals surface area contributed by atoms with Crippen molar-refractivity contribution < 1.29 is 28.5 Å². The van der Waals surface area contributed by atoms with Gasteiger partial charge in [0.2, 0.25) is 5.90 Å². The Morgan fingerprint density at radius 1 is 1.07 bits per heavy atom. The summed E-state index contributed by atoms with van der Waals surface area (Å²) in [5, 5.41) is 0. The Hall–Kier alpha value is -3.61. The van der Waals surface area contributed by atoms with E-state index in [1.807, 2.05) is 0 Å². The highest BCUT2D eigenvalue weighted by Crippen LogP contribution is 2.30. The number of carbonyl (C=O) groups excluding carboxylic acids is 2. The van der Waals surface area contributed by atoms with Crippen molar-refractivity contribution in [1.29, 1.82) is 0 Å². The number of methoxy groups -OCH3 is 2. The second kappa shape index (κ2) is 7.74. The first-order valence-electron chi connectivity index (χ1n) is 8.03. The summed E-state index contributed by atoms with van der Waals surface area (Å²) in [5.41, 5.74) is 1.43. The summed E-state index contributed by atoms with van der Waals surface area (Å²) >= 11 is 0. The van der Waals surface area contributed by atoms with Gasteiger partial charge in [-0.05, 0) is 42.0 Å². The highest BCUT2D eigenvalue weighted by Gasteiger charge is 2.24. The predicted octanol–water partition coefficient (Wildman–Crippen LogP) is 2.97. The molecule has 0 bridgehead atoms. The first-order chi connectivity index (χ1) is 13.0. The molecule has 0 aliphatic carbocycles. The minimum Gasteiger partial charge on any atom is -0.497 e. The molecule has 1 aliphatic rings. The minimum atomic E-state index is -0.559. The molecule has 138 valence electrons. The maximum Gasteiger partial charge on any atom is 0.363 e. The molecular weight excluding hydrogens is 350 g/mol. The molecule has 7 nitrogen and oxygen atoms in total. The average Bonchev–Trinajstić information content (AvgIpc) is 3.03. The van der Waals surface area contributed by atoms with Gasteiger partial charge in [0.05, 0.1) is 14.2 Å². The summed E-state index contributed by atoms with van der Waals surface area (Å²) in [6.07, 6.45) is 1.57. The highest BCUT2D eigenvalue weighted by molar-refractivity contribution is 6.13. The lowest BCUT2D eigenvalue weighted by Crippen LogP contribution is -2.05. The van der Waals surface area contributed by atoms with Gasteiger partial charge in [-0.1, -0.05) is 12.1 Å². The van der Waals surface area contributed by atoms with E-state index in [1.165, 1.54) is 14.0 Å². The van der Waals surface area contributed by atoms with Crippen molar-refractivity contribution >= 4 is 23.9 Å². The molecule has 2 aromatic rings. The quantitative estimate of drug-likeness (QED) is 0.459. The van der Waals surface area contributed by atoms with Gasteiger partial charge < -0.3 is 18.9 Å². The lowest BCUT2D eigenvalue weighted by molar-refractivity contribution is -0.132. The molecule has 0 unspecified atom stereocenters. The summed E-state index contributed by atoms with van der Waals surface area (Å²) in [4.78, 5) is 27.5. The van der Waals surface area contributed by atoms with E-state index >= 15 is 0 Å². The first kappa shape index (κ1) is 18.2. The van der Waals surface area contributed by atoms with Crippen LogP contribution in [0.1, 0.15) is 18.1 Å². The molecule has 0 atom stereocenters. The third kappa shape index (κ3) is 4.14. The SMILES string of the molecule is COc1cccc(C2=N/C(=C/c3ccc(OC(C)=O)c(OC)c3)C(=O)O2)c1. The van der Waals surface area contributed by atoms with Crippen LogP contribution in [0, 0.1) is 0 Å². The van der Waals surface area contributed by atoms with Crippen molar-refractivity contribution in [2.75, 3.05) is 14.2 Å². The zero-order chi connectivity index (χ0) is 19.4. The van der Waals surface area contributed by atoms with Crippen LogP contribution >= 0.6 is 0 Å². The molecule has 0 saturated heterocycles. The summed E-state index contributed by atoms with van der Waals surface area (Å²) < 4.78 is 20.7. The Balaban J connectivity index is 1.91. The molecule has 7 heteroatoms. The van der Waals surface area contributed by atoms with Gasteiger partial charge in [0.25, 0.3) is 0 Å². The normalized spacial score (nSPS) is 14.6. The predicted molar refractivity (Wildman–Crippen MR) is 97.9 cm³/mol. The average molecular weight is 367 g/mol. The lowest BCUT2D eigenvalue weighted by Gasteiger charge is -2.08. The molecule has 0 saturated carbocycles. The number of benzene rings is 2. The second-order valence-corrected chi connectivity index (χ2v) is 5.57. The maximum absolute atomic E-state index is 12.1. The zero-order valence-corrected chi connectivity index (χ0v) is 15.0. The van der Waals surface area contributed by atoms with Crippen molar-refractivity contribution in [2.24, 2.45) is 4.99 Å². The fraction of sp³-hybridized carbons (Fsp3) is 0.150. The van der Waals surface area contributed by atoms with Crippen molar-refractivity contribution in [3.63, 3.8) is 0 Å². The summed E-state index contributed by atoms with van der Waals surface area (Å²) in [7, 11) is 3.02. The Labute approximate surface area is 155 Å². The van der Waals surface area contributed by atoms with Crippen LogP contribution in [-0.4, -0.2) is 32.1 Å². The van der Waals surface area contributed by atoms with Gasteiger partial charge in [-0.25, -0.2) is 9.79 Å². The number of hydrogen-bond donors (Lipinski definition) is 0. The number of cyclic esters (lactones) is 1. The Morgan fingerprint density at radius 3 is 2.59 bits per heavy atom. The van der Waals surface area contributed by atoms with E-state index in [-0.39, 0.29) is 11.6 Å². The van der Waals surface area contributed by atoms with E-state index in [0.29, 0.717) is 28.4 Å². The fourth-order valence-corrected chi connectivity index (χ4v) is 2.46. The fourth-order valence-electron chi connectivity index (χ4n) is 2.46. The van der Waals surface area contributed by atoms with Gasteiger partial charge in [-0.3, -0.25) is 4.79 Å². The van der Waals surface area contributed by atoms with Crippen LogP contribution in [0.15, 0.2) is 53.2 Å². The van der Waals surface area contributed by atoms with Gasteiger partial charge in [-0.2, -0.15) is 0 Å². The largest absolute Gasteiger partial charge is 0.497 e. The molecular formula is C20H17NO6. The monoisotopic (exact) mass is 367 g/mol. The number of rotatable bonds is 5. The Kier molecular flexibility index (Phi) is 5.21. The molecule has 3 rings (SSSR count). The standard InChI is InChI=1S/C20H17NO6/c1-12(22)26-17-8-7-13(10-18(17)25-3)9-16-20(23)27-19(21-16)14-5-4-6-15(11-14)24-2/h4-11H,1-3H3/b16-9+. The van der Waals surface area contributed by atoms with Crippen molar-refractivity contribution in [2.45, 2.75) is 6.92 Å². The zero-order valence-electron chi connectivity index (χ0n) is 15.0. The Bertz CT molecular complexity index is 961. The van der Waals surface area contributed by atoms with Crippen LogP contribution in [-0.2, 0) is 14.3 Å². The van der Waals surface area contributed by atoms with E-state index in [0.717, 1.165) is 0 Å². The molecule has 0 amide bonds. The van der Waals surface area contributed by atoms with Crippen LogP contribution in [0.5, 0.6) is 17.2 Å². The van der Waals surface area contributed by atoms with Gasteiger partial charge in [0.1, 0.15) is 5.75 Å². The maximum atomic E-state index is 12.1. The third-order valence-electron chi connectivity index (χ3n) is 3.68. The van der Waals surface area contributed by atoms with Gasteiger partial charge in [0, 0.05) is 12.5 Å². The van der Waals surface area contributed by atoms with Crippen LogP contribution < -0.4 is 14.2 Å². The number of aliphatic imine (C=N–C) groups is 1. The number of carbonyl (C=O) groups is 2. The van der Waals surface area contributed by atoms with Crippen molar-refractivity contribution in [1.82, 2.24) is 0 Å². The first-order valence-corrected chi connectivity index (χ1v) is 8.03. The van der Waals surface area contributed by atoms with Crippen LogP contribution in [0.4, 0.5) is 0 Å². The van der Waals surface area contributed by atoms with E-state index in [1.54, 1.807) is 55.7 Å². The minimum absolute atomic E-state index is 0.148. The van der Waals surface area contributed by atoms with E-state index in [2.05, 4.69) is 4.99 Å². The van der Waals surface area contributed by atoms with Crippen LogP contribution in [0.3, 0.4) is 0 Å². The van der Waals surface area contributed by atoms with Crippen LogP contribution in [0.2, 0.25) is 0 Å². The number of nitrogens with zero attached hydrogens (tertiary/aromatic N) is 1. The smallest absolute Gasteiger partial charge is 0.363 e. The molecule has 0 radical (unpaired) electrons. The molecule has 2 aromatic carbocycles. The van der Waals surface area contributed by atoms with E-state index < -0.39 is 11.9 Å². The van der Waals surface area contributed by atoms with Crippen molar-refractivity contribution in [3.8, 4) is 17.2 Å². The van der Waals surface area contributed by atoms with E-state index in [4.69, 9.17) is 18.9 Å². The number of esters is 2. The summed E-state index contributed by atoms with van der Waals surface area (Å²) in [6, 6.07) is 12.0. The molecule has 1 heterocycles. The highest BCUT2D eigenvalue weighted by atomic mass is 16.6. The van der Waals surface area contributed by atoms with Gasteiger partial charge in [0.15, 0.2) is 17.2 Å². The molecule has 0 fully saturated rings. The molecule has 0 aromatic heterocycles. The molecule has 1 aliphatic heterocycles. The molecule has 27 heavy (non-hydrogen) atoms. The van der Waals surface area contributed by atoms with Gasteiger partial charge in [-0.15, -0.1) is 0 Å². The van der Waals surface area contributed by atoms with E-state index in [9.17, 15) is 9.59 Å². The van der Waals surface area contributed by atoms with Crippen molar-refractivity contribution in [3.05, 3.63) is 59.3 Å². The summed E-state index contributed by atoms with van der Waals surface area (Å²) in [5.74, 6) is 0.481. The van der Waals surface area contributed by atoms with Gasteiger partial charge >= 0.3 is 11.9 Å². The number of hydrogen-bond acceptors (Lipinski definition) is 7. The van der Waals surface area contributed by atoms with Crippen LogP contribution in [0.25, 0.3) is 6.08 Å². The lowest BCUT2D eigenvalue weighted by atomic mass is 10.1. The second-order valence-electron chi connectivity index (χ2n) is 5.57. The molecule has 0 N–H and O–H groups in total. The third-order valence-corrected chi connectivity index (χ3v) is 3.68. The Morgan fingerprint density at radius 2 is 1.89 bits per heavy atom. The topological polar surface area (TPSA) is 83.4 Å².